The van der Waals surface area contributed by atoms with E-state index in [0.717, 1.165) is 24.0 Å². The second kappa shape index (κ2) is 8.30. The number of likely N-dealkylation sites (tertiary alicyclic amines) is 1. The summed E-state index contributed by atoms with van der Waals surface area (Å²) in [5.41, 5.74) is 4.66. The van der Waals surface area contributed by atoms with Gasteiger partial charge in [-0.05, 0) is 41.0 Å². The number of nitrogens with zero attached hydrogens (tertiary/aromatic N) is 1. The summed E-state index contributed by atoms with van der Waals surface area (Å²) in [7, 11) is 0. The van der Waals surface area contributed by atoms with Gasteiger partial charge in [-0.25, -0.2) is 4.79 Å². The topological polar surface area (TPSA) is 95.9 Å². The van der Waals surface area contributed by atoms with E-state index in [1.807, 2.05) is 24.3 Å². The number of alkyl carbamates (subject to hydrolysis) is 1. The summed E-state index contributed by atoms with van der Waals surface area (Å²) < 4.78 is 5.63. The van der Waals surface area contributed by atoms with E-state index in [1.54, 1.807) is 4.90 Å². The molecule has 2 fully saturated rings. The first kappa shape index (κ1) is 20.5. The number of ether oxygens (including phenoxy) is 1. The Labute approximate surface area is 186 Å². The van der Waals surface area contributed by atoms with Crippen molar-refractivity contribution in [3.8, 4) is 11.1 Å². The van der Waals surface area contributed by atoms with E-state index in [1.165, 1.54) is 11.1 Å². The molecule has 0 bridgehead atoms. The van der Waals surface area contributed by atoms with Crippen LogP contribution >= 0.6 is 0 Å². The summed E-state index contributed by atoms with van der Waals surface area (Å²) in [5.74, 6) is -1.20. The first-order valence-corrected chi connectivity index (χ1v) is 11.1. The second-order valence-corrected chi connectivity index (χ2v) is 8.95. The quantitative estimate of drug-likeness (QED) is 0.698. The Balaban J connectivity index is 1.18. The van der Waals surface area contributed by atoms with Gasteiger partial charge in [0.15, 0.2) is 0 Å². The molecule has 0 aromatic heterocycles. The third kappa shape index (κ3) is 3.95. The lowest BCUT2D eigenvalue weighted by Gasteiger charge is -2.37. The van der Waals surface area contributed by atoms with E-state index in [-0.39, 0.29) is 49.9 Å². The maximum absolute atomic E-state index is 12.6. The van der Waals surface area contributed by atoms with Crippen molar-refractivity contribution >= 4 is 18.0 Å². The predicted molar refractivity (Wildman–Crippen MR) is 117 cm³/mol. The fraction of sp³-hybridized carbons (Fsp3) is 0.400. The summed E-state index contributed by atoms with van der Waals surface area (Å²) in [6, 6.07) is 16.1. The zero-order chi connectivity index (χ0) is 22.2. The number of hydrogen-bond acceptors (Lipinski definition) is 4. The minimum absolute atomic E-state index is 0.0109. The van der Waals surface area contributed by atoms with Crippen LogP contribution in [0.15, 0.2) is 48.5 Å². The summed E-state index contributed by atoms with van der Waals surface area (Å²) in [6.45, 7) is 0.727. The van der Waals surface area contributed by atoms with Crippen molar-refractivity contribution in [3.05, 3.63) is 59.7 Å². The number of carbonyl (C=O) groups excluding carboxylic acids is 2. The minimum Gasteiger partial charge on any atom is -0.481 e. The van der Waals surface area contributed by atoms with Crippen LogP contribution in [-0.4, -0.2) is 53.7 Å². The number of rotatable bonds is 7. The average molecular weight is 434 g/mol. The molecule has 1 saturated carbocycles. The number of amides is 2. The summed E-state index contributed by atoms with van der Waals surface area (Å²) in [6.07, 6.45) is 1.61. The molecule has 1 atom stereocenters. The van der Waals surface area contributed by atoms with Gasteiger partial charge < -0.3 is 20.1 Å². The van der Waals surface area contributed by atoms with Gasteiger partial charge in [0.25, 0.3) is 0 Å². The highest BCUT2D eigenvalue weighted by Gasteiger charge is 2.40. The molecule has 1 heterocycles. The fourth-order valence-electron chi connectivity index (χ4n) is 4.78. The normalized spacial score (nSPS) is 18.3. The largest absolute Gasteiger partial charge is 0.481 e. The summed E-state index contributed by atoms with van der Waals surface area (Å²) in [5, 5.41) is 11.9. The molecule has 2 N–H and O–H groups in total. The van der Waals surface area contributed by atoms with Crippen LogP contribution < -0.4 is 5.32 Å². The zero-order valence-electron chi connectivity index (χ0n) is 17.7. The highest BCUT2D eigenvalue weighted by molar-refractivity contribution is 5.82. The molecule has 5 rings (SSSR count). The minimum atomic E-state index is -0.871. The van der Waals surface area contributed by atoms with Crippen LogP contribution in [0.5, 0.6) is 0 Å². The van der Waals surface area contributed by atoms with Gasteiger partial charge in [0.2, 0.25) is 5.91 Å². The molecule has 32 heavy (non-hydrogen) atoms. The van der Waals surface area contributed by atoms with E-state index in [2.05, 4.69) is 29.6 Å². The SMILES string of the molecule is O=C(NC(CC(=O)N1CC(C(=O)O)C1)C1CC1)OCC1c2ccccc2-c2ccccc21. The molecule has 1 unspecified atom stereocenters. The number of benzene rings is 2. The summed E-state index contributed by atoms with van der Waals surface area (Å²) >= 11 is 0. The van der Waals surface area contributed by atoms with Gasteiger partial charge in [-0.3, -0.25) is 9.59 Å². The number of carboxylic acid groups (broad SMARTS) is 1. The van der Waals surface area contributed by atoms with Crippen molar-refractivity contribution < 1.29 is 24.2 Å². The van der Waals surface area contributed by atoms with Crippen LogP contribution in [-0.2, 0) is 14.3 Å². The number of aliphatic carboxylic acids is 1. The molecule has 2 amide bonds. The molecule has 2 aromatic rings. The Morgan fingerprint density at radius 3 is 2.16 bits per heavy atom. The van der Waals surface area contributed by atoms with E-state index < -0.39 is 18.0 Å². The number of carbonyl (C=O) groups is 3. The fourth-order valence-corrected chi connectivity index (χ4v) is 4.78. The lowest BCUT2D eigenvalue weighted by Crippen LogP contribution is -2.54. The van der Waals surface area contributed by atoms with Gasteiger partial charge in [-0.1, -0.05) is 48.5 Å². The smallest absolute Gasteiger partial charge is 0.407 e. The molecular weight excluding hydrogens is 408 g/mol. The van der Waals surface area contributed by atoms with Gasteiger partial charge in [0.1, 0.15) is 6.61 Å². The number of nitrogens with one attached hydrogen (secondary N) is 1. The van der Waals surface area contributed by atoms with E-state index >= 15 is 0 Å². The van der Waals surface area contributed by atoms with Gasteiger partial charge >= 0.3 is 12.1 Å². The van der Waals surface area contributed by atoms with E-state index in [0.29, 0.717) is 0 Å². The van der Waals surface area contributed by atoms with Crippen LogP contribution in [0.3, 0.4) is 0 Å². The molecular formula is C25H26N2O5. The van der Waals surface area contributed by atoms with Crippen molar-refractivity contribution in [2.24, 2.45) is 11.8 Å². The molecule has 1 aliphatic heterocycles. The van der Waals surface area contributed by atoms with Crippen LogP contribution in [0.1, 0.15) is 36.3 Å². The lowest BCUT2D eigenvalue weighted by atomic mass is 9.98. The van der Waals surface area contributed by atoms with Crippen molar-refractivity contribution in [1.82, 2.24) is 10.2 Å². The molecule has 0 radical (unpaired) electrons. The maximum atomic E-state index is 12.6. The zero-order valence-corrected chi connectivity index (χ0v) is 17.7. The molecule has 166 valence electrons. The monoisotopic (exact) mass is 434 g/mol. The number of fused-ring (bicyclic) bond motifs is 3. The molecule has 2 aliphatic carbocycles. The molecule has 1 saturated heterocycles. The Morgan fingerprint density at radius 1 is 1.00 bits per heavy atom. The number of carboxylic acids is 1. The van der Waals surface area contributed by atoms with Crippen LogP contribution in [0.4, 0.5) is 4.79 Å². The third-order valence-electron chi connectivity index (χ3n) is 6.82. The highest BCUT2D eigenvalue weighted by Crippen LogP contribution is 2.44. The van der Waals surface area contributed by atoms with Crippen molar-refractivity contribution in [1.29, 1.82) is 0 Å². The molecule has 0 spiro atoms. The average Bonchev–Trinajstić information content (AvgIpc) is 3.54. The van der Waals surface area contributed by atoms with E-state index in [4.69, 9.17) is 9.84 Å². The maximum Gasteiger partial charge on any atom is 0.407 e. The Morgan fingerprint density at radius 2 is 1.59 bits per heavy atom. The lowest BCUT2D eigenvalue weighted by molar-refractivity contribution is -0.152. The summed E-state index contributed by atoms with van der Waals surface area (Å²) in [4.78, 5) is 37.6. The van der Waals surface area contributed by atoms with E-state index in [9.17, 15) is 14.4 Å². The van der Waals surface area contributed by atoms with Crippen molar-refractivity contribution in [2.45, 2.75) is 31.2 Å². The Bertz CT molecular complexity index is 1010. The Hall–Kier alpha value is -3.35. The second-order valence-electron chi connectivity index (χ2n) is 8.95. The van der Waals surface area contributed by atoms with Gasteiger partial charge in [-0.15, -0.1) is 0 Å². The van der Waals surface area contributed by atoms with Gasteiger partial charge in [0, 0.05) is 31.5 Å². The first-order chi connectivity index (χ1) is 15.5. The Kier molecular flexibility index (Phi) is 5.33. The third-order valence-corrected chi connectivity index (χ3v) is 6.82. The predicted octanol–water partition coefficient (Wildman–Crippen LogP) is 3.24. The van der Waals surface area contributed by atoms with Crippen molar-refractivity contribution in [2.75, 3.05) is 19.7 Å². The van der Waals surface area contributed by atoms with Crippen LogP contribution in [0.2, 0.25) is 0 Å². The van der Waals surface area contributed by atoms with Crippen LogP contribution in [0.25, 0.3) is 11.1 Å². The van der Waals surface area contributed by atoms with Gasteiger partial charge in [0.05, 0.1) is 5.92 Å². The molecule has 7 heteroatoms. The first-order valence-electron chi connectivity index (χ1n) is 11.1. The highest BCUT2D eigenvalue weighted by atomic mass is 16.5. The molecule has 7 nitrogen and oxygen atoms in total. The van der Waals surface area contributed by atoms with Crippen molar-refractivity contribution in [3.63, 3.8) is 0 Å². The number of hydrogen-bond donors (Lipinski definition) is 2. The van der Waals surface area contributed by atoms with Crippen LogP contribution in [0, 0.1) is 11.8 Å². The van der Waals surface area contributed by atoms with Gasteiger partial charge in [-0.2, -0.15) is 0 Å². The molecule has 2 aromatic carbocycles. The standard InChI is InChI=1S/C25H26N2O5/c28-23(27-12-16(13-27)24(29)30)11-22(15-9-10-15)26-25(31)32-14-21-19-7-3-1-5-17(19)18-6-2-4-8-20(18)21/h1-8,15-16,21-22H,9-14H2,(H,26,31)(H,29,30). The molecule has 3 aliphatic rings.